The van der Waals surface area contributed by atoms with E-state index < -0.39 is 0 Å². The molecule has 3 rings (SSSR count). The predicted molar refractivity (Wildman–Crippen MR) is 97.0 cm³/mol. The first kappa shape index (κ1) is 17.1. The number of aromatic nitrogens is 2. The molecule has 0 amide bonds. The molecule has 0 saturated carbocycles. The maximum Gasteiger partial charge on any atom is 0.231 e. The summed E-state index contributed by atoms with van der Waals surface area (Å²) >= 11 is 0. The molecule has 134 valence electrons. The van der Waals surface area contributed by atoms with Crippen molar-refractivity contribution in [3.63, 3.8) is 0 Å². The highest BCUT2D eigenvalue weighted by Crippen LogP contribution is 2.32. The minimum atomic E-state index is 0.300. The van der Waals surface area contributed by atoms with Crippen molar-refractivity contribution in [2.45, 2.75) is 32.9 Å². The van der Waals surface area contributed by atoms with Gasteiger partial charge in [-0.3, -0.25) is 4.99 Å². The fourth-order valence-electron chi connectivity index (χ4n) is 2.71. The third-order valence-corrected chi connectivity index (χ3v) is 4.16. The lowest BCUT2D eigenvalue weighted by atomic mass is 10.2. The van der Waals surface area contributed by atoms with Gasteiger partial charge in [0.1, 0.15) is 5.82 Å². The van der Waals surface area contributed by atoms with Crippen molar-refractivity contribution in [1.82, 2.24) is 20.2 Å². The van der Waals surface area contributed by atoms with Crippen LogP contribution in [0.15, 0.2) is 35.6 Å². The Labute approximate surface area is 148 Å². The normalized spacial score (nSPS) is 13.1. The van der Waals surface area contributed by atoms with Crippen molar-refractivity contribution >= 4 is 5.96 Å². The highest BCUT2D eigenvalue weighted by molar-refractivity contribution is 5.79. The second kappa shape index (κ2) is 8.41. The van der Waals surface area contributed by atoms with Crippen LogP contribution < -0.4 is 20.1 Å². The van der Waals surface area contributed by atoms with Gasteiger partial charge in [0.25, 0.3) is 0 Å². The summed E-state index contributed by atoms with van der Waals surface area (Å²) in [5.74, 6) is 3.47. The average molecular weight is 343 g/mol. The van der Waals surface area contributed by atoms with E-state index in [-0.39, 0.29) is 0 Å². The Bertz CT molecular complexity index is 726. The van der Waals surface area contributed by atoms with Crippen LogP contribution >= 0.6 is 0 Å². The van der Waals surface area contributed by atoms with Crippen LogP contribution in [-0.4, -0.2) is 35.9 Å². The lowest BCUT2D eigenvalue weighted by Crippen LogP contribution is -2.37. The Kier molecular flexibility index (Phi) is 5.77. The Balaban J connectivity index is 1.36. The van der Waals surface area contributed by atoms with Crippen molar-refractivity contribution in [2.75, 3.05) is 20.4 Å². The highest BCUT2D eigenvalue weighted by Gasteiger charge is 2.13. The molecule has 0 fully saturated rings. The predicted octanol–water partition coefficient (Wildman–Crippen LogP) is 2.07. The van der Waals surface area contributed by atoms with E-state index in [9.17, 15) is 0 Å². The fraction of sp³-hybridized carbons (Fsp3) is 0.444. The summed E-state index contributed by atoms with van der Waals surface area (Å²) in [6, 6.07) is 5.96. The zero-order valence-corrected chi connectivity index (χ0v) is 14.8. The molecule has 1 aliphatic heterocycles. The third kappa shape index (κ3) is 4.65. The van der Waals surface area contributed by atoms with Gasteiger partial charge < -0.3 is 24.7 Å². The number of benzene rings is 1. The topological polar surface area (TPSA) is 72.7 Å². The average Bonchev–Trinajstić information content (AvgIpc) is 3.25. The molecular weight excluding hydrogens is 318 g/mol. The van der Waals surface area contributed by atoms with Gasteiger partial charge in [0.05, 0.1) is 0 Å². The Morgan fingerprint density at radius 3 is 2.92 bits per heavy atom. The number of imidazole rings is 1. The van der Waals surface area contributed by atoms with Crippen LogP contribution in [0.1, 0.15) is 24.2 Å². The second-order valence-electron chi connectivity index (χ2n) is 5.92. The molecule has 7 nitrogen and oxygen atoms in total. The second-order valence-corrected chi connectivity index (χ2v) is 5.92. The van der Waals surface area contributed by atoms with Crippen molar-refractivity contribution in [3.05, 3.63) is 42.0 Å². The van der Waals surface area contributed by atoms with Crippen LogP contribution in [0.5, 0.6) is 11.5 Å². The van der Waals surface area contributed by atoms with E-state index in [4.69, 9.17) is 9.47 Å². The number of fused-ring (bicyclic) bond motifs is 1. The summed E-state index contributed by atoms with van der Waals surface area (Å²) in [6.45, 7) is 4.89. The molecule has 0 atom stereocenters. The van der Waals surface area contributed by atoms with Crippen LogP contribution in [0, 0.1) is 6.92 Å². The van der Waals surface area contributed by atoms with Crippen LogP contribution in [0.25, 0.3) is 0 Å². The van der Waals surface area contributed by atoms with Gasteiger partial charge in [0, 0.05) is 39.1 Å². The van der Waals surface area contributed by atoms with Gasteiger partial charge in [-0.2, -0.15) is 0 Å². The lowest BCUT2D eigenvalue weighted by molar-refractivity contribution is 0.174. The summed E-state index contributed by atoms with van der Waals surface area (Å²) in [6.07, 6.45) is 6.04. The van der Waals surface area contributed by atoms with E-state index in [2.05, 4.69) is 25.2 Å². The van der Waals surface area contributed by atoms with Gasteiger partial charge in [-0.05, 0) is 37.5 Å². The van der Waals surface area contributed by atoms with Crippen LogP contribution in [-0.2, 0) is 13.1 Å². The SMILES string of the molecule is CN=C(NCCCCn1ccnc1C)NCc1ccc2c(c1)OCO2. The third-order valence-electron chi connectivity index (χ3n) is 4.16. The number of aryl methyl sites for hydroxylation is 2. The molecular formula is C18H25N5O2. The van der Waals surface area contributed by atoms with E-state index in [1.54, 1.807) is 7.05 Å². The number of nitrogens with zero attached hydrogens (tertiary/aromatic N) is 3. The number of nitrogens with one attached hydrogen (secondary N) is 2. The van der Waals surface area contributed by atoms with Gasteiger partial charge in [0.15, 0.2) is 17.5 Å². The van der Waals surface area contributed by atoms with Crippen molar-refractivity contribution in [1.29, 1.82) is 0 Å². The minimum Gasteiger partial charge on any atom is -0.454 e. The molecule has 0 radical (unpaired) electrons. The van der Waals surface area contributed by atoms with Crippen molar-refractivity contribution in [2.24, 2.45) is 4.99 Å². The summed E-state index contributed by atoms with van der Waals surface area (Å²) in [5.41, 5.74) is 1.13. The van der Waals surface area contributed by atoms with Gasteiger partial charge in [-0.25, -0.2) is 4.98 Å². The van der Waals surface area contributed by atoms with E-state index in [1.807, 2.05) is 37.5 Å². The van der Waals surface area contributed by atoms with Crippen LogP contribution in [0.3, 0.4) is 0 Å². The number of hydrogen-bond acceptors (Lipinski definition) is 4. The minimum absolute atomic E-state index is 0.300. The number of hydrogen-bond donors (Lipinski definition) is 2. The van der Waals surface area contributed by atoms with Gasteiger partial charge in [-0.15, -0.1) is 0 Å². The number of aliphatic imine (C=N–C) groups is 1. The summed E-state index contributed by atoms with van der Waals surface area (Å²) in [5, 5.41) is 6.66. The van der Waals surface area contributed by atoms with E-state index in [0.29, 0.717) is 13.3 Å². The van der Waals surface area contributed by atoms with E-state index in [0.717, 1.165) is 54.8 Å². The van der Waals surface area contributed by atoms with Crippen molar-refractivity contribution < 1.29 is 9.47 Å². The van der Waals surface area contributed by atoms with Crippen LogP contribution in [0.2, 0.25) is 0 Å². The first-order chi connectivity index (χ1) is 12.3. The zero-order valence-electron chi connectivity index (χ0n) is 14.8. The molecule has 0 aliphatic carbocycles. The summed E-state index contributed by atoms with van der Waals surface area (Å²) < 4.78 is 12.9. The molecule has 25 heavy (non-hydrogen) atoms. The summed E-state index contributed by atoms with van der Waals surface area (Å²) in [4.78, 5) is 8.49. The Morgan fingerprint density at radius 2 is 2.12 bits per heavy atom. The van der Waals surface area contributed by atoms with E-state index >= 15 is 0 Å². The Hall–Kier alpha value is -2.70. The summed E-state index contributed by atoms with van der Waals surface area (Å²) in [7, 11) is 1.78. The molecule has 1 aliphatic rings. The molecule has 2 N–H and O–H groups in total. The van der Waals surface area contributed by atoms with Gasteiger partial charge in [0.2, 0.25) is 6.79 Å². The van der Waals surface area contributed by atoms with E-state index in [1.165, 1.54) is 0 Å². The number of rotatable bonds is 7. The largest absolute Gasteiger partial charge is 0.454 e. The number of unbranched alkanes of at least 4 members (excludes halogenated alkanes) is 1. The lowest BCUT2D eigenvalue weighted by Gasteiger charge is -2.12. The number of guanidine groups is 1. The molecule has 1 aromatic carbocycles. The first-order valence-electron chi connectivity index (χ1n) is 8.57. The smallest absolute Gasteiger partial charge is 0.231 e. The molecule has 0 bridgehead atoms. The molecule has 0 spiro atoms. The van der Waals surface area contributed by atoms with Crippen molar-refractivity contribution in [3.8, 4) is 11.5 Å². The maximum atomic E-state index is 5.40. The molecule has 7 heteroatoms. The Morgan fingerprint density at radius 1 is 1.24 bits per heavy atom. The fourth-order valence-corrected chi connectivity index (χ4v) is 2.71. The molecule has 2 heterocycles. The van der Waals surface area contributed by atoms with Gasteiger partial charge in [-0.1, -0.05) is 6.07 Å². The molecule has 0 unspecified atom stereocenters. The highest BCUT2D eigenvalue weighted by atomic mass is 16.7. The van der Waals surface area contributed by atoms with Crippen LogP contribution in [0.4, 0.5) is 0 Å². The quantitative estimate of drug-likeness (QED) is 0.457. The monoisotopic (exact) mass is 343 g/mol. The van der Waals surface area contributed by atoms with Gasteiger partial charge >= 0.3 is 0 Å². The molecule has 0 saturated heterocycles. The standard InChI is InChI=1S/C18H25N5O2/c1-14-20-8-10-23(14)9-4-3-7-21-18(19-2)22-12-15-5-6-16-17(11-15)25-13-24-16/h5-6,8,10-11H,3-4,7,9,12-13H2,1-2H3,(H2,19,21,22). The molecule has 1 aromatic heterocycles. The number of ether oxygens (including phenoxy) is 2. The zero-order chi connectivity index (χ0) is 17.5. The molecule has 2 aromatic rings. The maximum absolute atomic E-state index is 5.40. The first-order valence-corrected chi connectivity index (χ1v) is 8.57.